The normalized spacial score (nSPS) is 12.2. The van der Waals surface area contributed by atoms with E-state index >= 15 is 0 Å². The Morgan fingerprint density at radius 3 is 2.33 bits per heavy atom. The van der Waals surface area contributed by atoms with E-state index in [2.05, 4.69) is 50.5 Å². The molecule has 2 aromatic carbocycles. The van der Waals surface area contributed by atoms with Gasteiger partial charge >= 0.3 is 0 Å². The number of ether oxygens (including phenoxy) is 1. The molecule has 1 unspecified atom stereocenters. The molecule has 3 heteroatoms. The molecule has 0 aliphatic heterocycles. The summed E-state index contributed by atoms with van der Waals surface area (Å²) in [6, 6.07) is 14.7. The molecule has 0 saturated heterocycles. The second-order valence-corrected chi connectivity index (χ2v) is 5.59. The minimum atomic E-state index is 0.105. The van der Waals surface area contributed by atoms with Crippen LogP contribution in [0.25, 0.3) is 0 Å². The van der Waals surface area contributed by atoms with Gasteiger partial charge in [0, 0.05) is 12.5 Å². The molecule has 21 heavy (non-hydrogen) atoms. The van der Waals surface area contributed by atoms with Crippen LogP contribution in [-0.2, 0) is 0 Å². The lowest BCUT2D eigenvalue weighted by Crippen LogP contribution is -2.29. The molecule has 0 aromatic heterocycles. The summed E-state index contributed by atoms with van der Waals surface area (Å²) in [5.41, 5.74) is 7.81. The molecule has 0 saturated carbocycles. The van der Waals surface area contributed by atoms with Gasteiger partial charge in [-0.05, 0) is 44.0 Å². The van der Waals surface area contributed by atoms with Gasteiger partial charge in [0.2, 0.25) is 0 Å². The van der Waals surface area contributed by atoms with Gasteiger partial charge in [0.1, 0.15) is 5.75 Å². The molecular weight excluding hydrogens is 260 g/mol. The predicted molar refractivity (Wildman–Crippen MR) is 87.3 cm³/mol. The highest BCUT2D eigenvalue weighted by Crippen LogP contribution is 2.20. The Morgan fingerprint density at radius 1 is 1.00 bits per heavy atom. The van der Waals surface area contributed by atoms with Crippen molar-refractivity contribution in [1.29, 1.82) is 0 Å². The number of aryl methyl sites for hydroxylation is 3. The highest BCUT2D eigenvalue weighted by atomic mass is 16.5. The maximum Gasteiger partial charge on any atom is 0.119 e. The zero-order valence-electron chi connectivity index (χ0n) is 13.0. The monoisotopic (exact) mass is 284 g/mol. The van der Waals surface area contributed by atoms with Gasteiger partial charge in [-0.1, -0.05) is 41.5 Å². The molecule has 2 rings (SSSR count). The standard InChI is InChI=1S/C18H24N2O/c1-13-5-4-6-17(12-13)21-8-7-18(20-19)16-10-14(2)9-15(3)11-16/h4-6,9-12,18,20H,7-8,19H2,1-3H3. The second kappa shape index (κ2) is 7.25. The van der Waals surface area contributed by atoms with Crippen LogP contribution in [0.5, 0.6) is 5.75 Å². The Balaban J connectivity index is 1.96. The van der Waals surface area contributed by atoms with Gasteiger partial charge in [0.05, 0.1) is 6.61 Å². The van der Waals surface area contributed by atoms with Crippen LogP contribution in [0.15, 0.2) is 42.5 Å². The Kier molecular flexibility index (Phi) is 5.37. The van der Waals surface area contributed by atoms with Gasteiger partial charge in [-0.25, -0.2) is 0 Å². The molecule has 3 nitrogen and oxygen atoms in total. The molecule has 0 bridgehead atoms. The number of benzene rings is 2. The first-order chi connectivity index (χ1) is 10.1. The minimum absolute atomic E-state index is 0.105. The van der Waals surface area contributed by atoms with Crippen LogP contribution in [0.1, 0.15) is 34.7 Å². The van der Waals surface area contributed by atoms with E-state index in [0.29, 0.717) is 6.61 Å². The first-order valence-electron chi connectivity index (χ1n) is 7.32. The first kappa shape index (κ1) is 15.5. The van der Waals surface area contributed by atoms with E-state index in [0.717, 1.165) is 12.2 Å². The number of nitrogens with one attached hydrogen (secondary N) is 1. The Bertz CT molecular complexity index is 575. The van der Waals surface area contributed by atoms with E-state index < -0.39 is 0 Å². The van der Waals surface area contributed by atoms with Crippen molar-refractivity contribution < 1.29 is 4.74 Å². The maximum atomic E-state index is 5.81. The van der Waals surface area contributed by atoms with Crippen LogP contribution < -0.4 is 16.0 Å². The van der Waals surface area contributed by atoms with Gasteiger partial charge in [0.15, 0.2) is 0 Å². The third-order valence-corrected chi connectivity index (χ3v) is 3.51. The van der Waals surface area contributed by atoms with Crippen molar-refractivity contribution in [3.05, 3.63) is 64.7 Å². The zero-order chi connectivity index (χ0) is 15.2. The average Bonchev–Trinajstić information content (AvgIpc) is 2.42. The van der Waals surface area contributed by atoms with E-state index in [1.165, 1.54) is 22.3 Å². The number of hydrogen-bond donors (Lipinski definition) is 2. The largest absolute Gasteiger partial charge is 0.494 e. The average molecular weight is 284 g/mol. The van der Waals surface area contributed by atoms with Crippen molar-refractivity contribution in [3.8, 4) is 5.75 Å². The van der Waals surface area contributed by atoms with Crippen molar-refractivity contribution in [3.63, 3.8) is 0 Å². The third-order valence-electron chi connectivity index (χ3n) is 3.51. The van der Waals surface area contributed by atoms with Crippen molar-refractivity contribution in [1.82, 2.24) is 5.43 Å². The van der Waals surface area contributed by atoms with Crippen LogP contribution >= 0.6 is 0 Å². The topological polar surface area (TPSA) is 47.3 Å². The fourth-order valence-electron chi connectivity index (χ4n) is 2.56. The summed E-state index contributed by atoms with van der Waals surface area (Å²) in [6.07, 6.45) is 0.827. The molecule has 112 valence electrons. The summed E-state index contributed by atoms with van der Waals surface area (Å²) in [7, 11) is 0. The molecule has 0 radical (unpaired) electrons. The lowest BCUT2D eigenvalue weighted by molar-refractivity contribution is 0.287. The molecule has 2 aromatic rings. The number of rotatable bonds is 6. The molecule has 3 N–H and O–H groups in total. The summed E-state index contributed by atoms with van der Waals surface area (Å²) in [5.74, 6) is 6.61. The van der Waals surface area contributed by atoms with Crippen LogP contribution in [0.3, 0.4) is 0 Å². The molecule has 0 aliphatic rings. The predicted octanol–water partition coefficient (Wildman–Crippen LogP) is 3.59. The van der Waals surface area contributed by atoms with Crippen molar-refractivity contribution >= 4 is 0 Å². The van der Waals surface area contributed by atoms with Crippen LogP contribution in [-0.4, -0.2) is 6.61 Å². The maximum absolute atomic E-state index is 5.81. The Morgan fingerprint density at radius 2 is 1.71 bits per heavy atom. The number of nitrogens with two attached hydrogens (primary N) is 1. The third kappa shape index (κ3) is 4.59. The van der Waals surface area contributed by atoms with Crippen molar-refractivity contribution in [2.24, 2.45) is 5.84 Å². The van der Waals surface area contributed by atoms with Crippen molar-refractivity contribution in [2.75, 3.05) is 6.61 Å². The van der Waals surface area contributed by atoms with Gasteiger partial charge in [-0.15, -0.1) is 0 Å². The van der Waals surface area contributed by atoms with Crippen LogP contribution in [0.2, 0.25) is 0 Å². The van der Waals surface area contributed by atoms with Gasteiger partial charge in [-0.3, -0.25) is 11.3 Å². The molecule has 0 spiro atoms. The van der Waals surface area contributed by atoms with Crippen LogP contribution in [0, 0.1) is 20.8 Å². The summed E-state index contributed by atoms with van der Waals surface area (Å²) in [4.78, 5) is 0. The Labute approximate surface area is 127 Å². The van der Waals surface area contributed by atoms with Gasteiger partial charge in [0.25, 0.3) is 0 Å². The molecular formula is C18H24N2O. The van der Waals surface area contributed by atoms with E-state index in [1.807, 2.05) is 18.2 Å². The lowest BCUT2D eigenvalue weighted by atomic mass is 10.00. The van der Waals surface area contributed by atoms with E-state index in [9.17, 15) is 0 Å². The fourth-order valence-corrected chi connectivity index (χ4v) is 2.56. The van der Waals surface area contributed by atoms with Crippen LogP contribution in [0.4, 0.5) is 0 Å². The van der Waals surface area contributed by atoms with E-state index in [-0.39, 0.29) is 6.04 Å². The zero-order valence-corrected chi connectivity index (χ0v) is 13.0. The lowest BCUT2D eigenvalue weighted by Gasteiger charge is -2.18. The number of hydrogen-bond acceptors (Lipinski definition) is 3. The van der Waals surface area contributed by atoms with Crippen molar-refractivity contribution in [2.45, 2.75) is 33.2 Å². The quantitative estimate of drug-likeness (QED) is 0.629. The number of hydrazine groups is 1. The molecule has 1 atom stereocenters. The van der Waals surface area contributed by atoms with E-state index in [1.54, 1.807) is 0 Å². The minimum Gasteiger partial charge on any atom is -0.494 e. The summed E-state index contributed by atoms with van der Waals surface area (Å²) in [6.45, 7) is 6.90. The summed E-state index contributed by atoms with van der Waals surface area (Å²) < 4.78 is 5.81. The summed E-state index contributed by atoms with van der Waals surface area (Å²) in [5, 5.41) is 0. The highest BCUT2D eigenvalue weighted by molar-refractivity contribution is 5.31. The first-order valence-corrected chi connectivity index (χ1v) is 7.32. The van der Waals surface area contributed by atoms with E-state index in [4.69, 9.17) is 10.6 Å². The van der Waals surface area contributed by atoms with Gasteiger partial charge < -0.3 is 4.74 Å². The highest BCUT2D eigenvalue weighted by Gasteiger charge is 2.10. The smallest absolute Gasteiger partial charge is 0.119 e. The molecule has 0 fully saturated rings. The molecule has 0 amide bonds. The van der Waals surface area contributed by atoms with Gasteiger partial charge in [-0.2, -0.15) is 0 Å². The molecule has 0 heterocycles. The SMILES string of the molecule is Cc1cccc(OCCC(NN)c2cc(C)cc(C)c2)c1. The fraction of sp³-hybridized carbons (Fsp3) is 0.333. The second-order valence-electron chi connectivity index (χ2n) is 5.59. The molecule has 0 aliphatic carbocycles. The summed E-state index contributed by atoms with van der Waals surface area (Å²) >= 11 is 0. The Hall–Kier alpha value is -1.84.